The summed E-state index contributed by atoms with van der Waals surface area (Å²) in [5.74, 6) is 0.190. The van der Waals surface area contributed by atoms with Crippen molar-refractivity contribution in [1.29, 1.82) is 0 Å². The molecule has 0 spiro atoms. The predicted octanol–water partition coefficient (Wildman–Crippen LogP) is 2.69. The van der Waals surface area contributed by atoms with Gasteiger partial charge in [0.1, 0.15) is 5.75 Å². The molecule has 0 aliphatic carbocycles. The van der Waals surface area contributed by atoms with Gasteiger partial charge < -0.3 is 10.4 Å². The molecule has 2 rings (SSSR count). The van der Waals surface area contributed by atoms with Crippen LogP contribution >= 0.6 is 12.6 Å². The Bertz CT molecular complexity index is 461. The van der Waals surface area contributed by atoms with Crippen molar-refractivity contribution in [2.45, 2.75) is 4.90 Å². The third kappa shape index (κ3) is 2.07. The van der Waals surface area contributed by atoms with Gasteiger partial charge in [0.25, 0.3) is 0 Å². The maximum atomic E-state index is 9.53. The van der Waals surface area contributed by atoms with E-state index in [4.69, 9.17) is 0 Å². The summed E-state index contributed by atoms with van der Waals surface area (Å²) < 4.78 is 0. The molecule has 0 saturated heterocycles. The Morgan fingerprint density at radius 1 is 1.13 bits per heavy atom. The molecule has 1 aliphatic rings. The van der Waals surface area contributed by atoms with Crippen molar-refractivity contribution in [3.8, 4) is 5.75 Å². The summed E-state index contributed by atoms with van der Waals surface area (Å²) in [6.45, 7) is 0. The summed E-state index contributed by atoms with van der Waals surface area (Å²) in [6.07, 6.45) is 9.55. The minimum atomic E-state index is 0.190. The van der Waals surface area contributed by atoms with Crippen molar-refractivity contribution in [2.24, 2.45) is 0 Å². The Labute approximate surface area is 94.0 Å². The molecule has 0 atom stereocenters. The molecule has 2 nitrogen and oxygen atoms in total. The number of phenolic OH excluding ortho intramolecular Hbond substituents is 1. The first-order valence-electron chi connectivity index (χ1n) is 4.60. The lowest BCUT2D eigenvalue weighted by Gasteiger charge is -2.10. The van der Waals surface area contributed by atoms with Crippen LogP contribution in [0.4, 0.5) is 0 Å². The van der Waals surface area contributed by atoms with E-state index >= 15 is 0 Å². The van der Waals surface area contributed by atoms with Gasteiger partial charge in [-0.05, 0) is 18.2 Å². The fourth-order valence-corrected chi connectivity index (χ4v) is 1.64. The summed E-state index contributed by atoms with van der Waals surface area (Å²) >= 11 is 4.28. The maximum absolute atomic E-state index is 9.53. The average molecular weight is 217 g/mol. The van der Waals surface area contributed by atoms with Crippen molar-refractivity contribution < 1.29 is 5.11 Å². The van der Waals surface area contributed by atoms with Crippen LogP contribution in [0.1, 0.15) is 5.56 Å². The van der Waals surface area contributed by atoms with Crippen LogP contribution in [0, 0.1) is 0 Å². The summed E-state index contributed by atoms with van der Waals surface area (Å²) in [7, 11) is 0. The van der Waals surface area contributed by atoms with E-state index < -0.39 is 0 Å². The Balaban J connectivity index is 2.45. The van der Waals surface area contributed by atoms with E-state index in [0.29, 0.717) is 4.90 Å². The number of rotatable bonds is 1. The number of benzene rings is 1. The number of allylic oxidation sites excluding steroid dienone is 4. The van der Waals surface area contributed by atoms with E-state index in [1.165, 1.54) is 0 Å². The molecule has 1 aliphatic heterocycles. The lowest BCUT2D eigenvalue weighted by molar-refractivity contribution is 0.462. The second-order valence-electron chi connectivity index (χ2n) is 3.14. The zero-order valence-corrected chi connectivity index (χ0v) is 8.91. The van der Waals surface area contributed by atoms with Gasteiger partial charge in [-0.1, -0.05) is 24.3 Å². The molecule has 76 valence electrons. The van der Waals surface area contributed by atoms with E-state index in [1.54, 1.807) is 12.1 Å². The zero-order valence-electron chi connectivity index (χ0n) is 8.01. The Morgan fingerprint density at radius 2 is 2.00 bits per heavy atom. The normalized spacial score (nSPS) is 14.3. The average Bonchev–Trinajstić information content (AvgIpc) is 2.50. The molecule has 0 radical (unpaired) electrons. The van der Waals surface area contributed by atoms with Gasteiger partial charge in [0.2, 0.25) is 0 Å². The summed E-state index contributed by atoms with van der Waals surface area (Å²) in [6, 6.07) is 5.33. The van der Waals surface area contributed by atoms with Crippen LogP contribution in [0.3, 0.4) is 0 Å². The largest absolute Gasteiger partial charge is 0.507 e. The minimum absolute atomic E-state index is 0.190. The van der Waals surface area contributed by atoms with E-state index in [-0.39, 0.29) is 5.75 Å². The molecular weight excluding hydrogens is 206 g/mol. The molecule has 0 aromatic heterocycles. The number of aromatic hydroxyl groups is 1. The van der Waals surface area contributed by atoms with Gasteiger partial charge in [-0.25, -0.2) is 0 Å². The SMILES string of the molecule is Oc1cccc(C2=CC=CC=CN2)c1S. The second-order valence-corrected chi connectivity index (χ2v) is 3.59. The highest BCUT2D eigenvalue weighted by Crippen LogP contribution is 2.29. The van der Waals surface area contributed by atoms with E-state index in [9.17, 15) is 5.11 Å². The molecule has 0 unspecified atom stereocenters. The van der Waals surface area contributed by atoms with Crippen LogP contribution < -0.4 is 5.32 Å². The molecule has 1 aromatic carbocycles. The summed E-state index contributed by atoms with van der Waals surface area (Å²) in [4.78, 5) is 0.583. The first kappa shape index (κ1) is 9.93. The standard InChI is InChI=1S/C12H11NOS/c14-11-7-4-5-9(12(11)15)10-6-2-1-3-8-13-10/h1-8,13-15H. The van der Waals surface area contributed by atoms with Gasteiger partial charge in [-0.2, -0.15) is 0 Å². The first-order valence-corrected chi connectivity index (χ1v) is 5.05. The quantitative estimate of drug-likeness (QED) is 0.632. The van der Waals surface area contributed by atoms with Crippen molar-refractivity contribution in [1.82, 2.24) is 5.32 Å². The van der Waals surface area contributed by atoms with E-state index in [1.807, 2.05) is 36.6 Å². The van der Waals surface area contributed by atoms with Gasteiger partial charge in [0.15, 0.2) is 0 Å². The highest BCUT2D eigenvalue weighted by Gasteiger charge is 2.07. The van der Waals surface area contributed by atoms with Crippen LogP contribution in [-0.4, -0.2) is 5.11 Å². The smallest absolute Gasteiger partial charge is 0.129 e. The van der Waals surface area contributed by atoms with Crippen molar-refractivity contribution in [3.63, 3.8) is 0 Å². The lowest BCUT2D eigenvalue weighted by atomic mass is 10.1. The van der Waals surface area contributed by atoms with Gasteiger partial charge in [-0.15, -0.1) is 12.6 Å². The van der Waals surface area contributed by atoms with Gasteiger partial charge in [-0.3, -0.25) is 0 Å². The molecule has 0 saturated carbocycles. The third-order valence-corrected chi connectivity index (χ3v) is 2.60. The Kier molecular flexibility index (Phi) is 2.83. The van der Waals surface area contributed by atoms with Gasteiger partial charge >= 0.3 is 0 Å². The van der Waals surface area contributed by atoms with Crippen LogP contribution in [0.15, 0.2) is 53.6 Å². The number of hydrogen-bond acceptors (Lipinski definition) is 3. The van der Waals surface area contributed by atoms with Crippen LogP contribution in [0.5, 0.6) is 5.75 Å². The summed E-state index contributed by atoms with van der Waals surface area (Å²) in [5.41, 5.74) is 1.80. The van der Waals surface area contributed by atoms with Crippen LogP contribution in [0.25, 0.3) is 5.70 Å². The van der Waals surface area contributed by atoms with E-state index in [2.05, 4.69) is 17.9 Å². The number of thiol groups is 1. The fourth-order valence-electron chi connectivity index (χ4n) is 1.37. The van der Waals surface area contributed by atoms with Crippen molar-refractivity contribution >= 4 is 18.3 Å². The van der Waals surface area contributed by atoms with Crippen LogP contribution in [0.2, 0.25) is 0 Å². The first-order chi connectivity index (χ1) is 7.29. The lowest BCUT2D eigenvalue weighted by Crippen LogP contribution is -2.03. The molecule has 2 N–H and O–H groups in total. The van der Waals surface area contributed by atoms with Crippen molar-refractivity contribution in [2.75, 3.05) is 0 Å². The molecule has 1 heterocycles. The minimum Gasteiger partial charge on any atom is -0.507 e. The van der Waals surface area contributed by atoms with Gasteiger partial charge in [0, 0.05) is 17.5 Å². The van der Waals surface area contributed by atoms with Crippen molar-refractivity contribution in [3.05, 3.63) is 54.3 Å². The monoisotopic (exact) mass is 217 g/mol. The molecule has 15 heavy (non-hydrogen) atoms. The topological polar surface area (TPSA) is 32.3 Å². The van der Waals surface area contributed by atoms with E-state index in [0.717, 1.165) is 11.3 Å². The number of nitrogens with one attached hydrogen (secondary N) is 1. The Morgan fingerprint density at radius 3 is 2.87 bits per heavy atom. The third-order valence-electron chi connectivity index (χ3n) is 2.13. The molecule has 0 bridgehead atoms. The predicted molar refractivity (Wildman–Crippen MR) is 64.8 cm³/mol. The molecule has 3 heteroatoms. The summed E-state index contributed by atoms with van der Waals surface area (Å²) in [5, 5.41) is 12.7. The fraction of sp³-hybridized carbons (Fsp3) is 0. The zero-order chi connectivity index (χ0) is 10.7. The molecule has 1 aromatic rings. The number of phenols is 1. The highest BCUT2D eigenvalue weighted by atomic mass is 32.1. The molecule has 0 amide bonds. The second kappa shape index (κ2) is 4.28. The van der Waals surface area contributed by atoms with Crippen LogP contribution in [-0.2, 0) is 0 Å². The Hall–Kier alpha value is -1.61. The maximum Gasteiger partial charge on any atom is 0.129 e. The molecular formula is C12H11NOS. The number of hydrogen-bond donors (Lipinski definition) is 3. The highest BCUT2D eigenvalue weighted by molar-refractivity contribution is 7.80. The van der Waals surface area contributed by atoms with Gasteiger partial charge in [0.05, 0.1) is 4.90 Å². The molecule has 0 fully saturated rings.